The number of para-hydroxylation sites is 2. The highest BCUT2D eigenvalue weighted by molar-refractivity contribution is 5.88. The van der Waals surface area contributed by atoms with E-state index in [0.29, 0.717) is 6.04 Å². The van der Waals surface area contributed by atoms with Crippen LogP contribution in [-0.4, -0.2) is 38.3 Å². The average Bonchev–Trinajstić information content (AvgIpc) is 3.14. The first-order chi connectivity index (χ1) is 15.0. The molecule has 1 amide bonds. The van der Waals surface area contributed by atoms with Crippen LogP contribution in [0, 0.1) is 12.8 Å². The van der Waals surface area contributed by atoms with Crippen molar-refractivity contribution in [3.8, 4) is 0 Å². The maximum absolute atomic E-state index is 10.6. The Labute approximate surface area is 184 Å². The van der Waals surface area contributed by atoms with E-state index in [2.05, 4.69) is 51.4 Å². The summed E-state index contributed by atoms with van der Waals surface area (Å²) in [5.41, 5.74) is 3.96. The number of imidazole rings is 1. The number of anilines is 1. The van der Waals surface area contributed by atoms with Gasteiger partial charge in [0.15, 0.2) is 0 Å². The predicted molar refractivity (Wildman–Crippen MR) is 125 cm³/mol. The molecule has 6 heteroatoms. The summed E-state index contributed by atoms with van der Waals surface area (Å²) in [7, 11) is 0. The number of pyridine rings is 1. The van der Waals surface area contributed by atoms with E-state index < -0.39 is 0 Å². The van der Waals surface area contributed by atoms with E-state index in [1.165, 1.54) is 56.9 Å². The second kappa shape index (κ2) is 9.60. The predicted octanol–water partition coefficient (Wildman–Crippen LogP) is 5.24. The Morgan fingerprint density at radius 3 is 2.61 bits per heavy atom. The number of carbonyl (C=O) groups is 1. The lowest BCUT2D eigenvalue weighted by Crippen LogP contribution is -2.46. The Balaban J connectivity index is 0.000000180. The second-order valence-corrected chi connectivity index (χ2v) is 8.98. The SMILES string of the molecule is CC(=O)Nc1ccc(C)nc1.CC1CCN(C2CCC2)[C@@H](c2nc3ccccc3[nH]2)C1. The van der Waals surface area contributed by atoms with Crippen molar-refractivity contribution < 1.29 is 4.79 Å². The Kier molecular flexibility index (Phi) is 6.66. The molecular weight excluding hydrogens is 386 g/mol. The van der Waals surface area contributed by atoms with Crippen molar-refractivity contribution in [1.29, 1.82) is 0 Å². The molecule has 1 aliphatic heterocycles. The van der Waals surface area contributed by atoms with E-state index in [0.717, 1.165) is 28.9 Å². The third-order valence-electron chi connectivity index (χ3n) is 6.40. The van der Waals surface area contributed by atoms with E-state index in [1.807, 2.05) is 19.1 Å². The molecule has 2 aliphatic rings. The fourth-order valence-electron chi connectivity index (χ4n) is 4.46. The van der Waals surface area contributed by atoms with Gasteiger partial charge in [-0.25, -0.2) is 4.98 Å². The first-order valence-electron chi connectivity index (χ1n) is 11.4. The average molecular weight is 420 g/mol. The summed E-state index contributed by atoms with van der Waals surface area (Å²) < 4.78 is 0. The number of likely N-dealkylation sites (tertiary alicyclic amines) is 1. The van der Waals surface area contributed by atoms with E-state index >= 15 is 0 Å². The fourth-order valence-corrected chi connectivity index (χ4v) is 4.46. The minimum Gasteiger partial charge on any atom is -0.341 e. The van der Waals surface area contributed by atoms with Gasteiger partial charge in [-0.3, -0.25) is 14.7 Å². The van der Waals surface area contributed by atoms with Crippen LogP contribution in [0.5, 0.6) is 0 Å². The van der Waals surface area contributed by atoms with Crippen molar-refractivity contribution in [2.24, 2.45) is 5.92 Å². The highest BCUT2D eigenvalue weighted by atomic mass is 16.1. The zero-order valence-corrected chi connectivity index (χ0v) is 18.8. The summed E-state index contributed by atoms with van der Waals surface area (Å²) in [5.74, 6) is 1.92. The molecule has 5 rings (SSSR count). The summed E-state index contributed by atoms with van der Waals surface area (Å²) in [4.78, 5) is 25.7. The number of nitrogens with zero attached hydrogens (tertiary/aromatic N) is 3. The topological polar surface area (TPSA) is 73.9 Å². The van der Waals surface area contributed by atoms with E-state index in [4.69, 9.17) is 4.98 Å². The lowest BCUT2D eigenvalue weighted by Gasteiger charge is -2.46. The van der Waals surface area contributed by atoms with E-state index in [9.17, 15) is 4.79 Å². The number of nitrogens with one attached hydrogen (secondary N) is 2. The standard InChI is InChI=1S/C17H23N3.C8H10N2O/c1-12-9-10-20(13-5-4-6-13)16(11-12)17-18-14-7-2-3-8-15(14)19-17;1-6-3-4-8(5-9-6)10-7(2)11/h2-3,7-8,12-13,16H,4-6,9-11H2,1H3,(H,18,19);3-5H,1-2H3,(H,10,11)/t12?,16-;/m1./s1. The van der Waals surface area contributed by atoms with Gasteiger partial charge in [-0.2, -0.15) is 0 Å². The van der Waals surface area contributed by atoms with Crippen LogP contribution in [0.2, 0.25) is 0 Å². The quantitative estimate of drug-likeness (QED) is 0.609. The molecule has 1 aliphatic carbocycles. The Bertz CT molecular complexity index is 975. The Hall–Kier alpha value is -2.73. The van der Waals surface area contributed by atoms with Gasteiger partial charge in [0, 0.05) is 18.7 Å². The van der Waals surface area contributed by atoms with Crippen molar-refractivity contribution in [3.63, 3.8) is 0 Å². The van der Waals surface area contributed by atoms with Gasteiger partial charge in [0.1, 0.15) is 5.82 Å². The third-order valence-corrected chi connectivity index (χ3v) is 6.40. The Morgan fingerprint density at radius 1 is 1.16 bits per heavy atom. The second-order valence-electron chi connectivity index (χ2n) is 8.98. The summed E-state index contributed by atoms with van der Waals surface area (Å²) in [6.07, 6.45) is 8.39. The number of carbonyl (C=O) groups excluding carboxylic acids is 1. The lowest BCUT2D eigenvalue weighted by atomic mass is 9.84. The first-order valence-corrected chi connectivity index (χ1v) is 11.4. The minimum atomic E-state index is -0.0735. The summed E-state index contributed by atoms with van der Waals surface area (Å²) >= 11 is 0. The number of piperidine rings is 1. The van der Waals surface area contributed by atoms with Crippen LogP contribution in [0.15, 0.2) is 42.6 Å². The normalized spacial score (nSPS) is 21.8. The van der Waals surface area contributed by atoms with Gasteiger partial charge in [0.25, 0.3) is 0 Å². The van der Waals surface area contributed by atoms with Crippen molar-refractivity contribution in [1.82, 2.24) is 19.9 Å². The number of aromatic nitrogens is 3. The highest BCUT2D eigenvalue weighted by Crippen LogP contribution is 2.39. The molecule has 1 aromatic carbocycles. The molecule has 2 atom stereocenters. The minimum absolute atomic E-state index is 0.0735. The lowest BCUT2D eigenvalue weighted by molar-refractivity contribution is -0.114. The largest absolute Gasteiger partial charge is 0.341 e. The van der Waals surface area contributed by atoms with Gasteiger partial charge in [-0.05, 0) is 69.3 Å². The van der Waals surface area contributed by atoms with Crippen LogP contribution >= 0.6 is 0 Å². The van der Waals surface area contributed by atoms with Crippen LogP contribution in [0.1, 0.15) is 63.5 Å². The Morgan fingerprint density at radius 2 is 1.97 bits per heavy atom. The fraction of sp³-hybridized carbons (Fsp3) is 0.480. The van der Waals surface area contributed by atoms with Crippen LogP contribution in [0.25, 0.3) is 11.0 Å². The van der Waals surface area contributed by atoms with Crippen molar-refractivity contribution >= 4 is 22.6 Å². The van der Waals surface area contributed by atoms with Crippen LogP contribution in [0.4, 0.5) is 5.69 Å². The molecular formula is C25H33N5O. The smallest absolute Gasteiger partial charge is 0.221 e. The molecule has 0 radical (unpaired) electrons. The molecule has 6 nitrogen and oxygen atoms in total. The number of aromatic amines is 1. The van der Waals surface area contributed by atoms with E-state index in [-0.39, 0.29) is 5.91 Å². The number of benzene rings is 1. The molecule has 0 spiro atoms. The monoisotopic (exact) mass is 419 g/mol. The molecule has 1 unspecified atom stereocenters. The molecule has 31 heavy (non-hydrogen) atoms. The van der Waals surface area contributed by atoms with Crippen LogP contribution in [-0.2, 0) is 4.79 Å². The highest BCUT2D eigenvalue weighted by Gasteiger charge is 2.36. The molecule has 3 heterocycles. The number of H-pyrrole nitrogens is 1. The molecule has 2 fully saturated rings. The molecule has 3 aromatic rings. The van der Waals surface area contributed by atoms with Crippen molar-refractivity contribution in [2.45, 2.75) is 65.0 Å². The van der Waals surface area contributed by atoms with Gasteiger partial charge >= 0.3 is 0 Å². The van der Waals surface area contributed by atoms with Crippen molar-refractivity contribution in [2.75, 3.05) is 11.9 Å². The summed E-state index contributed by atoms with van der Waals surface area (Å²) in [6, 6.07) is 13.4. The summed E-state index contributed by atoms with van der Waals surface area (Å²) in [6.45, 7) is 7.00. The third kappa shape index (κ3) is 5.31. The molecule has 0 bridgehead atoms. The molecule has 2 aromatic heterocycles. The number of aryl methyl sites for hydroxylation is 1. The van der Waals surface area contributed by atoms with Gasteiger partial charge in [-0.15, -0.1) is 0 Å². The van der Waals surface area contributed by atoms with Crippen LogP contribution < -0.4 is 5.32 Å². The first kappa shape index (κ1) is 21.5. The number of hydrogen-bond donors (Lipinski definition) is 2. The van der Waals surface area contributed by atoms with Gasteiger partial charge in [0.05, 0.1) is 29.0 Å². The van der Waals surface area contributed by atoms with Gasteiger partial charge in [0.2, 0.25) is 5.91 Å². The van der Waals surface area contributed by atoms with Crippen LogP contribution in [0.3, 0.4) is 0 Å². The van der Waals surface area contributed by atoms with E-state index in [1.54, 1.807) is 6.20 Å². The number of rotatable bonds is 3. The molecule has 1 saturated carbocycles. The van der Waals surface area contributed by atoms with Crippen molar-refractivity contribution in [3.05, 3.63) is 54.1 Å². The number of hydrogen-bond acceptors (Lipinski definition) is 4. The zero-order chi connectivity index (χ0) is 21.8. The molecule has 2 N–H and O–H groups in total. The zero-order valence-electron chi connectivity index (χ0n) is 18.8. The maximum atomic E-state index is 10.6. The number of fused-ring (bicyclic) bond motifs is 1. The van der Waals surface area contributed by atoms with Gasteiger partial charge < -0.3 is 10.3 Å². The molecule has 1 saturated heterocycles. The number of amides is 1. The summed E-state index contributed by atoms with van der Waals surface area (Å²) in [5, 5.41) is 2.63. The van der Waals surface area contributed by atoms with Gasteiger partial charge in [-0.1, -0.05) is 25.5 Å². The maximum Gasteiger partial charge on any atom is 0.221 e. The molecule has 164 valence electrons.